The lowest BCUT2D eigenvalue weighted by Crippen LogP contribution is -2.62. The number of benzene rings is 1. The minimum atomic E-state index is -0.963. The normalized spacial score (nSPS) is 31.3. The zero-order valence-electron chi connectivity index (χ0n) is 30.1. The van der Waals surface area contributed by atoms with Gasteiger partial charge >= 0.3 is 6.03 Å². The van der Waals surface area contributed by atoms with Gasteiger partial charge in [0.15, 0.2) is 5.60 Å². The van der Waals surface area contributed by atoms with Gasteiger partial charge in [-0.05, 0) is 113 Å². The number of aromatic nitrogens is 2. The first-order valence-corrected chi connectivity index (χ1v) is 18.4. The molecule has 1 saturated carbocycles. The van der Waals surface area contributed by atoms with Crippen molar-refractivity contribution in [1.82, 2.24) is 25.1 Å². The van der Waals surface area contributed by atoms with Crippen LogP contribution in [0.5, 0.6) is 0 Å². The highest BCUT2D eigenvalue weighted by atomic mass is 16.6. The Hall–Kier alpha value is -3.92. The molecule has 2 bridgehead atoms. The van der Waals surface area contributed by atoms with Crippen LogP contribution in [0.1, 0.15) is 69.2 Å². The fourth-order valence-electron chi connectivity index (χ4n) is 10.3. The summed E-state index contributed by atoms with van der Waals surface area (Å²) in [6.45, 7) is 13.1. The lowest BCUT2D eigenvalue weighted by molar-refractivity contribution is -0.153. The van der Waals surface area contributed by atoms with Crippen LogP contribution in [0.15, 0.2) is 65.7 Å². The van der Waals surface area contributed by atoms with Crippen molar-refractivity contribution >= 4 is 17.1 Å². The molecule has 0 unspecified atom stereocenters. The maximum Gasteiger partial charge on any atom is 0.317 e. The van der Waals surface area contributed by atoms with Crippen LogP contribution < -0.4 is 5.32 Å². The Balaban J connectivity index is 1.29. The van der Waals surface area contributed by atoms with Gasteiger partial charge in [-0.3, -0.25) is 0 Å². The molecule has 0 radical (unpaired) electrons. The third-order valence-corrected chi connectivity index (χ3v) is 12.4. The third kappa shape index (κ3) is 4.48. The van der Waals surface area contributed by atoms with Crippen molar-refractivity contribution in [2.45, 2.75) is 96.3 Å². The van der Waals surface area contributed by atoms with E-state index in [1.807, 2.05) is 30.3 Å². The number of carbonyl (C=O) groups excluding carboxylic acids is 1. The number of ether oxygens (including phenoxy) is 2. The monoisotopic (exact) mass is 675 g/mol. The Kier molecular flexibility index (Phi) is 7.07. The van der Waals surface area contributed by atoms with E-state index in [-0.39, 0.29) is 23.5 Å². The molecule has 9 nitrogen and oxygen atoms in total. The number of carbonyl (C=O) groups is 1. The maximum atomic E-state index is 13.3. The molecule has 6 atom stereocenters. The summed E-state index contributed by atoms with van der Waals surface area (Å²) < 4.78 is 14.8. The minimum Gasteiger partial charge on any atom is -0.487 e. The summed E-state index contributed by atoms with van der Waals surface area (Å²) >= 11 is 0. The molecule has 2 amide bonds. The number of piperidine rings is 1. The van der Waals surface area contributed by atoms with Gasteiger partial charge in [0.1, 0.15) is 23.6 Å². The molecule has 3 aliphatic carbocycles. The molecule has 9 heteroatoms. The summed E-state index contributed by atoms with van der Waals surface area (Å²) in [5.41, 5.74) is 8.33. The average Bonchev–Trinajstić information content (AvgIpc) is 3.65. The first kappa shape index (κ1) is 32.0. The van der Waals surface area contributed by atoms with Crippen LogP contribution in [-0.2, 0) is 28.0 Å². The molecular formula is C41H49N5O4. The van der Waals surface area contributed by atoms with Crippen LogP contribution in [0.3, 0.4) is 0 Å². The Labute approximate surface area is 294 Å². The number of likely N-dealkylation sites (tertiary alicyclic amines) is 1. The molecule has 50 heavy (non-hydrogen) atoms. The number of aryl methyl sites for hydroxylation is 1. The minimum absolute atomic E-state index is 0.0480. The van der Waals surface area contributed by atoms with E-state index in [9.17, 15) is 9.90 Å². The third-order valence-electron chi connectivity index (χ3n) is 12.4. The van der Waals surface area contributed by atoms with E-state index in [4.69, 9.17) is 14.5 Å². The molecule has 1 saturated heterocycles. The van der Waals surface area contributed by atoms with Crippen molar-refractivity contribution in [2.75, 3.05) is 26.7 Å². The Morgan fingerprint density at radius 2 is 2.04 bits per heavy atom. The SMILES string of the molecule is CCNC(=O)N1CCc2cc(-c3cnc4[nH]cc(C)c4c3)cc([C@]3(OC(C)(C)C)CC=C4C[C@@H]5[C@@H]6C=C[C@H](O)[C@@H]7OC3=C4[C@]67CCN5C)c2C1. The first-order chi connectivity index (χ1) is 23.9. The summed E-state index contributed by atoms with van der Waals surface area (Å²) in [4.78, 5) is 25.9. The van der Waals surface area contributed by atoms with Crippen molar-refractivity contribution < 1.29 is 19.4 Å². The van der Waals surface area contributed by atoms with Gasteiger partial charge < -0.3 is 34.7 Å². The highest BCUT2D eigenvalue weighted by Gasteiger charge is 2.68. The standard InChI is InChI=1S/C41H49N5O4/c1-7-42-38(48)46-14-11-24-16-26(27-17-28-23(2)20-43-37(28)44-21-27)18-31(29(24)22-46)41(50-39(3,4)5)12-10-25-19-32-30-8-9-33(47)35-40(30,13-15-45(32)6)34(25)36(41)49-35/h8-10,16-18,20-21,30,32-33,35,47H,7,11-15,19,22H2,1-6H3,(H,42,48)(H,43,44)/t30-,32+,33-,35-,40-,41+/m0/s1. The second-order valence-corrected chi connectivity index (χ2v) is 16.4. The van der Waals surface area contributed by atoms with E-state index in [1.54, 1.807) is 0 Å². The number of amides is 2. The molecule has 9 rings (SSSR count). The number of aliphatic hydroxyl groups is 1. The molecule has 2 aromatic heterocycles. The number of fused-ring (bicyclic) bond motifs is 2. The van der Waals surface area contributed by atoms with Gasteiger partial charge in [-0.1, -0.05) is 24.3 Å². The number of hydrogen-bond donors (Lipinski definition) is 3. The van der Waals surface area contributed by atoms with E-state index in [0.29, 0.717) is 32.1 Å². The Bertz CT molecular complexity index is 2020. The van der Waals surface area contributed by atoms with E-state index < -0.39 is 17.3 Å². The number of rotatable bonds is 4. The van der Waals surface area contributed by atoms with Crippen molar-refractivity contribution in [3.63, 3.8) is 0 Å². The van der Waals surface area contributed by atoms with Crippen molar-refractivity contribution in [2.24, 2.45) is 11.3 Å². The van der Waals surface area contributed by atoms with Gasteiger partial charge in [0.05, 0.1) is 5.60 Å². The summed E-state index contributed by atoms with van der Waals surface area (Å²) in [6, 6.07) is 7.13. The molecule has 6 aliphatic rings. The number of nitrogens with zero attached hydrogens (tertiary/aromatic N) is 3. The largest absolute Gasteiger partial charge is 0.487 e. The highest BCUT2D eigenvalue weighted by Crippen LogP contribution is 2.68. The second-order valence-electron chi connectivity index (χ2n) is 16.4. The molecule has 1 spiro atoms. The van der Waals surface area contributed by atoms with Crippen LogP contribution >= 0.6 is 0 Å². The van der Waals surface area contributed by atoms with E-state index in [0.717, 1.165) is 70.4 Å². The number of H-pyrrole nitrogens is 1. The molecule has 3 aromatic rings. The quantitative estimate of drug-likeness (QED) is 0.282. The predicted molar refractivity (Wildman–Crippen MR) is 193 cm³/mol. The molecule has 3 aliphatic heterocycles. The van der Waals surface area contributed by atoms with Crippen LogP contribution in [0.4, 0.5) is 4.79 Å². The number of hydrogen-bond acceptors (Lipinski definition) is 6. The zero-order valence-corrected chi connectivity index (χ0v) is 30.1. The van der Waals surface area contributed by atoms with Crippen molar-refractivity contribution in [3.8, 4) is 11.1 Å². The Morgan fingerprint density at radius 3 is 2.84 bits per heavy atom. The number of urea groups is 1. The summed E-state index contributed by atoms with van der Waals surface area (Å²) in [5.74, 6) is 1.12. The summed E-state index contributed by atoms with van der Waals surface area (Å²) in [5, 5.41) is 15.8. The molecule has 262 valence electrons. The zero-order chi connectivity index (χ0) is 34.7. The summed E-state index contributed by atoms with van der Waals surface area (Å²) in [6.07, 6.45) is 12.8. The van der Waals surface area contributed by atoms with Crippen molar-refractivity contribution in [1.29, 1.82) is 0 Å². The van der Waals surface area contributed by atoms with Crippen LogP contribution in [0.25, 0.3) is 22.2 Å². The summed E-state index contributed by atoms with van der Waals surface area (Å²) in [7, 11) is 2.24. The van der Waals surface area contributed by atoms with E-state index in [1.165, 1.54) is 16.7 Å². The second kappa shape index (κ2) is 11.0. The van der Waals surface area contributed by atoms with E-state index in [2.05, 4.69) is 80.3 Å². The number of pyridine rings is 1. The van der Waals surface area contributed by atoms with Crippen LogP contribution in [0, 0.1) is 18.3 Å². The lowest BCUT2D eigenvalue weighted by Gasteiger charge is -2.58. The van der Waals surface area contributed by atoms with Gasteiger partial charge in [-0.15, -0.1) is 0 Å². The smallest absolute Gasteiger partial charge is 0.317 e. The van der Waals surface area contributed by atoms with Crippen LogP contribution in [0.2, 0.25) is 0 Å². The van der Waals surface area contributed by atoms with Gasteiger partial charge in [0, 0.05) is 72.3 Å². The number of nitrogens with one attached hydrogen (secondary N) is 2. The maximum absolute atomic E-state index is 13.3. The average molecular weight is 676 g/mol. The van der Waals surface area contributed by atoms with Gasteiger partial charge in [-0.2, -0.15) is 0 Å². The predicted octanol–water partition coefficient (Wildman–Crippen LogP) is 6.26. The number of aromatic amines is 1. The molecule has 3 N–H and O–H groups in total. The lowest BCUT2D eigenvalue weighted by atomic mass is 9.50. The Morgan fingerprint density at radius 1 is 1.20 bits per heavy atom. The van der Waals surface area contributed by atoms with Crippen LogP contribution in [-0.4, -0.2) is 81.4 Å². The molecule has 5 heterocycles. The fourth-order valence-corrected chi connectivity index (χ4v) is 10.3. The molecular weight excluding hydrogens is 626 g/mol. The highest BCUT2D eigenvalue weighted by molar-refractivity contribution is 5.85. The van der Waals surface area contributed by atoms with Gasteiger partial charge in [0.2, 0.25) is 0 Å². The van der Waals surface area contributed by atoms with Gasteiger partial charge in [-0.25, -0.2) is 9.78 Å². The first-order valence-electron chi connectivity index (χ1n) is 18.4. The molecule has 1 aromatic carbocycles. The van der Waals surface area contributed by atoms with E-state index >= 15 is 0 Å². The molecule has 2 fully saturated rings. The topological polar surface area (TPSA) is 103 Å². The fraction of sp³-hybridized carbons (Fsp3) is 0.512. The number of aliphatic hydroxyl groups excluding tert-OH is 1. The van der Waals surface area contributed by atoms with Crippen molar-refractivity contribution in [3.05, 3.63) is 88.0 Å². The van der Waals surface area contributed by atoms with Gasteiger partial charge in [0.25, 0.3) is 0 Å².